The molecule has 1 aromatic carbocycles. The van der Waals surface area contributed by atoms with Gasteiger partial charge in [0.2, 0.25) is 0 Å². The third-order valence-electron chi connectivity index (χ3n) is 2.59. The Labute approximate surface area is 84.4 Å². The second-order valence-corrected chi connectivity index (χ2v) is 3.78. The molecular weight excluding hydrogens is 174 g/mol. The molecule has 0 saturated heterocycles. The first-order chi connectivity index (χ1) is 6.74. The molecular formula is C12H15NO. The van der Waals surface area contributed by atoms with E-state index in [1.165, 1.54) is 5.56 Å². The summed E-state index contributed by atoms with van der Waals surface area (Å²) in [6, 6.07) is 8.02. The molecule has 0 atom stereocenters. The first-order valence-corrected chi connectivity index (χ1v) is 4.88. The van der Waals surface area contributed by atoms with Gasteiger partial charge < -0.3 is 10.5 Å². The lowest BCUT2D eigenvalue weighted by Gasteiger charge is -2.09. The normalized spacial score (nSPS) is 17.5. The fourth-order valence-corrected chi connectivity index (χ4v) is 1.46. The Bertz CT molecular complexity index is 325. The molecule has 0 bridgehead atoms. The third kappa shape index (κ3) is 1.80. The van der Waals surface area contributed by atoms with Crippen LogP contribution in [0.3, 0.4) is 0 Å². The van der Waals surface area contributed by atoms with Gasteiger partial charge in [-0.1, -0.05) is 24.8 Å². The van der Waals surface area contributed by atoms with Crippen molar-refractivity contribution >= 4 is 0 Å². The molecule has 2 rings (SSSR count). The maximum Gasteiger partial charge on any atom is 0.119 e. The van der Waals surface area contributed by atoms with Crippen LogP contribution in [0.2, 0.25) is 0 Å². The van der Waals surface area contributed by atoms with E-state index in [1.807, 2.05) is 24.3 Å². The summed E-state index contributed by atoms with van der Waals surface area (Å²) in [6.45, 7) is 4.15. The predicted molar refractivity (Wildman–Crippen MR) is 57.2 cm³/mol. The summed E-state index contributed by atoms with van der Waals surface area (Å²) in [4.78, 5) is 0. The molecule has 0 heterocycles. The lowest BCUT2D eigenvalue weighted by molar-refractivity contribution is 0.363. The van der Waals surface area contributed by atoms with Gasteiger partial charge in [-0.2, -0.15) is 0 Å². The van der Waals surface area contributed by atoms with Gasteiger partial charge in [-0.3, -0.25) is 0 Å². The summed E-state index contributed by atoms with van der Waals surface area (Å²) < 4.78 is 5.38. The smallest absolute Gasteiger partial charge is 0.119 e. The minimum atomic E-state index is -0.0447. The highest BCUT2D eigenvalue weighted by Crippen LogP contribution is 2.42. The Balaban J connectivity index is 2.06. The van der Waals surface area contributed by atoms with Crippen molar-refractivity contribution in [2.45, 2.75) is 18.4 Å². The highest BCUT2D eigenvalue weighted by molar-refractivity contribution is 5.34. The van der Waals surface area contributed by atoms with Crippen LogP contribution in [-0.2, 0) is 5.54 Å². The van der Waals surface area contributed by atoms with Crippen molar-refractivity contribution in [2.24, 2.45) is 5.73 Å². The molecule has 2 heteroatoms. The van der Waals surface area contributed by atoms with Crippen LogP contribution in [-0.4, -0.2) is 6.61 Å². The fourth-order valence-electron chi connectivity index (χ4n) is 1.46. The predicted octanol–water partition coefficient (Wildman–Crippen LogP) is 2.20. The maximum atomic E-state index is 6.06. The quantitative estimate of drug-likeness (QED) is 0.737. The van der Waals surface area contributed by atoms with Gasteiger partial charge in [-0.25, -0.2) is 0 Å². The molecule has 0 spiro atoms. The van der Waals surface area contributed by atoms with E-state index < -0.39 is 0 Å². The van der Waals surface area contributed by atoms with Crippen LogP contribution >= 0.6 is 0 Å². The van der Waals surface area contributed by atoms with Crippen molar-refractivity contribution in [3.8, 4) is 5.75 Å². The SMILES string of the molecule is C=CCOc1ccc(C2(N)CC2)cc1. The number of rotatable bonds is 4. The van der Waals surface area contributed by atoms with E-state index in [0.717, 1.165) is 18.6 Å². The zero-order valence-corrected chi connectivity index (χ0v) is 8.20. The molecule has 74 valence electrons. The molecule has 1 aromatic rings. The second-order valence-electron chi connectivity index (χ2n) is 3.78. The summed E-state index contributed by atoms with van der Waals surface area (Å²) in [5.41, 5.74) is 7.23. The van der Waals surface area contributed by atoms with Crippen LogP contribution < -0.4 is 10.5 Å². The Morgan fingerprint density at radius 1 is 1.36 bits per heavy atom. The second kappa shape index (κ2) is 3.46. The van der Waals surface area contributed by atoms with Crippen molar-refractivity contribution in [3.63, 3.8) is 0 Å². The molecule has 0 unspecified atom stereocenters. The Morgan fingerprint density at radius 2 is 2.00 bits per heavy atom. The third-order valence-corrected chi connectivity index (χ3v) is 2.59. The molecule has 14 heavy (non-hydrogen) atoms. The Kier molecular flexibility index (Phi) is 2.30. The van der Waals surface area contributed by atoms with E-state index in [1.54, 1.807) is 6.08 Å². The van der Waals surface area contributed by atoms with E-state index in [0.29, 0.717) is 6.61 Å². The Hall–Kier alpha value is -1.28. The van der Waals surface area contributed by atoms with Crippen molar-refractivity contribution in [1.29, 1.82) is 0 Å². The minimum absolute atomic E-state index is 0.0447. The largest absolute Gasteiger partial charge is 0.490 e. The molecule has 1 aliphatic rings. The maximum absolute atomic E-state index is 6.06. The fraction of sp³-hybridized carbons (Fsp3) is 0.333. The average Bonchev–Trinajstić information content (AvgIpc) is 2.96. The first kappa shape index (κ1) is 9.28. The Morgan fingerprint density at radius 3 is 2.50 bits per heavy atom. The standard InChI is InChI=1S/C12H15NO/c1-2-9-14-11-5-3-10(4-6-11)12(13)7-8-12/h2-6H,1,7-9,13H2. The van der Waals surface area contributed by atoms with E-state index >= 15 is 0 Å². The topological polar surface area (TPSA) is 35.2 Å². The molecule has 2 N–H and O–H groups in total. The summed E-state index contributed by atoms with van der Waals surface area (Å²) in [6.07, 6.45) is 3.93. The van der Waals surface area contributed by atoms with Gasteiger partial charge >= 0.3 is 0 Å². The highest BCUT2D eigenvalue weighted by atomic mass is 16.5. The molecule has 0 amide bonds. The monoisotopic (exact) mass is 189 g/mol. The highest BCUT2D eigenvalue weighted by Gasteiger charge is 2.39. The van der Waals surface area contributed by atoms with Crippen LogP contribution in [0, 0.1) is 0 Å². The van der Waals surface area contributed by atoms with Crippen molar-refractivity contribution in [2.75, 3.05) is 6.61 Å². The van der Waals surface area contributed by atoms with Crippen LogP contribution in [0.4, 0.5) is 0 Å². The van der Waals surface area contributed by atoms with Gasteiger partial charge in [0, 0.05) is 5.54 Å². The van der Waals surface area contributed by atoms with Gasteiger partial charge in [0.25, 0.3) is 0 Å². The molecule has 1 aliphatic carbocycles. The molecule has 0 aliphatic heterocycles. The van der Waals surface area contributed by atoms with Crippen LogP contribution in [0.5, 0.6) is 5.75 Å². The van der Waals surface area contributed by atoms with Crippen LogP contribution in [0.25, 0.3) is 0 Å². The van der Waals surface area contributed by atoms with Crippen molar-refractivity contribution in [3.05, 3.63) is 42.5 Å². The van der Waals surface area contributed by atoms with Gasteiger partial charge in [0.1, 0.15) is 12.4 Å². The van der Waals surface area contributed by atoms with Gasteiger partial charge in [-0.15, -0.1) is 0 Å². The molecule has 1 fully saturated rings. The molecule has 1 saturated carbocycles. The average molecular weight is 189 g/mol. The van der Waals surface area contributed by atoms with Crippen LogP contribution in [0.15, 0.2) is 36.9 Å². The number of nitrogens with two attached hydrogens (primary N) is 1. The van der Waals surface area contributed by atoms with E-state index in [4.69, 9.17) is 10.5 Å². The van der Waals surface area contributed by atoms with Crippen LogP contribution in [0.1, 0.15) is 18.4 Å². The lowest BCUT2D eigenvalue weighted by Crippen LogP contribution is -2.18. The minimum Gasteiger partial charge on any atom is -0.490 e. The van der Waals surface area contributed by atoms with E-state index in [2.05, 4.69) is 6.58 Å². The van der Waals surface area contributed by atoms with E-state index in [-0.39, 0.29) is 5.54 Å². The van der Waals surface area contributed by atoms with Crippen molar-refractivity contribution < 1.29 is 4.74 Å². The zero-order valence-electron chi connectivity index (χ0n) is 8.20. The molecule has 2 nitrogen and oxygen atoms in total. The first-order valence-electron chi connectivity index (χ1n) is 4.88. The lowest BCUT2D eigenvalue weighted by atomic mass is 10.1. The van der Waals surface area contributed by atoms with Crippen molar-refractivity contribution in [1.82, 2.24) is 0 Å². The number of hydrogen-bond donors (Lipinski definition) is 1. The van der Waals surface area contributed by atoms with E-state index in [9.17, 15) is 0 Å². The number of hydrogen-bond acceptors (Lipinski definition) is 2. The summed E-state index contributed by atoms with van der Waals surface area (Å²) in [7, 11) is 0. The molecule has 0 radical (unpaired) electrons. The summed E-state index contributed by atoms with van der Waals surface area (Å²) in [5.74, 6) is 0.873. The zero-order chi connectivity index (χ0) is 10.0. The summed E-state index contributed by atoms with van der Waals surface area (Å²) >= 11 is 0. The number of benzene rings is 1. The van der Waals surface area contributed by atoms with Gasteiger partial charge in [0.05, 0.1) is 0 Å². The van der Waals surface area contributed by atoms with Gasteiger partial charge in [0.15, 0.2) is 0 Å². The summed E-state index contributed by atoms with van der Waals surface area (Å²) in [5, 5.41) is 0. The number of ether oxygens (including phenoxy) is 1. The molecule has 0 aromatic heterocycles. The van der Waals surface area contributed by atoms with Gasteiger partial charge in [-0.05, 0) is 30.5 Å².